The number of benzene rings is 2. The molecule has 0 atom stereocenters. The summed E-state index contributed by atoms with van der Waals surface area (Å²) < 4.78 is 4.98. The number of amides is 1. The molecule has 0 aliphatic carbocycles. The third kappa shape index (κ3) is 3.24. The second kappa shape index (κ2) is 6.64. The van der Waals surface area contributed by atoms with Crippen molar-refractivity contribution in [3.8, 4) is 0 Å². The van der Waals surface area contributed by atoms with Crippen molar-refractivity contribution in [2.75, 3.05) is 11.5 Å². The van der Waals surface area contributed by atoms with Crippen LogP contribution in [0.25, 0.3) is 0 Å². The van der Waals surface area contributed by atoms with Gasteiger partial charge in [-0.3, -0.25) is 0 Å². The maximum Gasteiger partial charge on any atom is 0.418 e. The van der Waals surface area contributed by atoms with E-state index in [9.17, 15) is 4.79 Å². The predicted octanol–water partition coefficient (Wildman–Crippen LogP) is 5.10. The number of hydrogen-bond acceptors (Lipinski definition) is 2. The number of nitrogens with zero attached hydrogens (tertiary/aromatic N) is 1. The Morgan fingerprint density at radius 3 is 2.35 bits per heavy atom. The van der Waals surface area contributed by atoms with E-state index < -0.39 is 6.09 Å². The molecular formula is C15H12Cl2NO2. The molecule has 0 heterocycles. The van der Waals surface area contributed by atoms with Crippen molar-refractivity contribution in [1.82, 2.24) is 0 Å². The van der Waals surface area contributed by atoms with Gasteiger partial charge in [0.25, 0.3) is 0 Å². The van der Waals surface area contributed by atoms with Crippen LogP contribution < -0.4 is 4.90 Å². The quantitative estimate of drug-likeness (QED) is 0.789. The van der Waals surface area contributed by atoms with E-state index in [1.165, 1.54) is 4.90 Å². The van der Waals surface area contributed by atoms with Crippen molar-refractivity contribution in [1.29, 1.82) is 0 Å². The lowest BCUT2D eigenvalue weighted by Crippen LogP contribution is -2.26. The van der Waals surface area contributed by atoms with Gasteiger partial charge < -0.3 is 4.74 Å². The summed E-state index contributed by atoms with van der Waals surface area (Å²) >= 11 is 11.9. The Kier molecular flexibility index (Phi) is 4.88. The van der Waals surface area contributed by atoms with Crippen molar-refractivity contribution in [2.24, 2.45) is 0 Å². The smallest absolute Gasteiger partial charge is 0.418 e. The molecule has 3 nitrogen and oxygen atoms in total. The van der Waals surface area contributed by atoms with Gasteiger partial charge in [-0.2, -0.15) is 0 Å². The molecule has 0 bridgehead atoms. The minimum absolute atomic E-state index is 0.0451. The van der Waals surface area contributed by atoms with E-state index in [2.05, 4.69) is 6.92 Å². The van der Waals surface area contributed by atoms with Crippen molar-refractivity contribution in [3.05, 3.63) is 65.5 Å². The van der Waals surface area contributed by atoms with Gasteiger partial charge in [0.2, 0.25) is 0 Å². The molecule has 2 aromatic carbocycles. The first-order chi connectivity index (χ1) is 9.63. The number of ether oxygens (including phenoxy) is 1. The topological polar surface area (TPSA) is 29.5 Å². The number of hydrogen-bond donors (Lipinski definition) is 0. The Hall–Kier alpha value is -1.71. The molecule has 0 aliphatic heterocycles. The molecule has 103 valence electrons. The first kappa shape index (κ1) is 14.7. The Labute approximate surface area is 127 Å². The van der Waals surface area contributed by atoms with Crippen LogP contribution in [0, 0.1) is 6.92 Å². The fourth-order valence-electron chi connectivity index (χ4n) is 1.71. The molecule has 0 N–H and O–H groups in total. The fourth-order valence-corrected chi connectivity index (χ4v) is 2.01. The fraction of sp³-hybridized carbons (Fsp3) is 0.0667. The zero-order valence-electron chi connectivity index (χ0n) is 10.6. The van der Waals surface area contributed by atoms with Crippen LogP contribution in [0.3, 0.4) is 0 Å². The summed E-state index contributed by atoms with van der Waals surface area (Å²) in [5.41, 5.74) is 1.24. The average molecular weight is 309 g/mol. The van der Waals surface area contributed by atoms with Crippen LogP contribution in [0.2, 0.25) is 10.0 Å². The van der Waals surface area contributed by atoms with E-state index in [4.69, 9.17) is 27.9 Å². The molecule has 20 heavy (non-hydrogen) atoms. The lowest BCUT2D eigenvalue weighted by atomic mass is 10.2. The van der Waals surface area contributed by atoms with Crippen molar-refractivity contribution < 1.29 is 9.53 Å². The van der Waals surface area contributed by atoms with Gasteiger partial charge in [0, 0.05) is 0 Å². The second-order valence-corrected chi connectivity index (χ2v) is 4.70. The Bertz CT molecular complexity index is 602. The van der Waals surface area contributed by atoms with Gasteiger partial charge in [-0.05, 0) is 37.3 Å². The second-order valence-electron chi connectivity index (χ2n) is 3.88. The van der Waals surface area contributed by atoms with Gasteiger partial charge in [0.05, 0.1) is 28.0 Å². The molecule has 1 amide bonds. The predicted molar refractivity (Wildman–Crippen MR) is 81.7 cm³/mol. The van der Waals surface area contributed by atoms with Crippen LogP contribution in [-0.2, 0) is 4.74 Å². The summed E-state index contributed by atoms with van der Waals surface area (Å²) in [6.45, 7) is 3.56. The summed E-state index contributed by atoms with van der Waals surface area (Å²) in [6.07, 6.45) is -0.524. The lowest BCUT2D eigenvalue weighted by molar-refractivity contribution is 0.168. The van der Waals surface area contributed by atoms with Crippen LogP contribution in [0.15, 0.2) is 48.5 Å². The number of carbonyl (C=O) groups is 1. The van der Waals surface area contributed by atoms with Gasteiger partial charge in [-0.15, -0.1) is 0 Å². The summed E-state index contributed by atoms with van der Waals surface area (Å²) in [5, 5.41) is 0.793. The van der Waals surface area contributed by atoms with Gasteiger partial charge in [-0.25, -0.2) is 9.69 Å². The molecule has 1 radical (unpaired) electrons. The highest BCUT2D eigenvalue weighted by molar-refractivity contribution is 6.42. The minimum Gasteiger partial charge on any atom is -0.449 e. The molecule has 0 aliphatic rings. The summed E-state index contributed by atoms with van der Waals surface area (Å²) in [7, 11) is 0. The maximum atomic E-state index is 12.1. The van der Waals surface area contributed by atoms with Crippen LogP contribution in [0.1, 0.15) is 0 Å². The van der Waals surface area contributed by atoms with Gasteiger partial charge in [-0.1, -0.05) is 41.4 Å². The molecule has 0 saturated heterocycles. The van der Waals surface area contributed by atoms with E-state index >= 15 is 0 Å². The normalized spacial score (nSPS) is 10.2. The number of rotatable bonds is 3. The van der Waals surface area contributed by atoms with Crippen LogP contribution >= 0.6 is 23.2 Å². The summed E-state index contributed by atoms with van der Waals surface area (Å²) in [4.78, 5) is 13.5. The van der Waals surface area contributed by atoms with Crippen molar-refractivity contribution in [3.63, 3.8) is 0 Å². The van der Waals surface area contributed by atoms with Gasteiger partial charge >= 0.3 is 6.09 Å². The summed E-state index contributed by atoms with van der Waals surface area (Å²) in [6, 6.07) is 14.1. The lowest BCUT2D eigenvalue weighted by Gasteiger charge is -2.22. The summed E-state index contributed by atoms with van der Waals surface area (Å²) in [5.74, 6) is 0. The molecule has 5 heteroatoms. The third-order valence-corrected chi connectivity index (χ3v) is 3.32. The van der Waals surface area contributed by atoms with Gasteiger partial charge in [0.15, 0.2) is 0 Å². The first-order valence-corrected chi connectivity index (χ1v) is 6.65. The zero-order chi connectivity index (χ0) is 14.5. The monoisotopic (exact) mass is 308 g/mol. The number of para-hydroxylation sites is 1. The molecular weight excluding hydrogens is 297 g/mol. The number of halogens is 2. The largest absolute Gasteiger partial charge is 0.449 e. The van der Waals surface area contributed by atoms with E-state index in [-0.39, 0.29) is 6.61 Å². The highest BCUT2D eigenvalue weighted by Crippen LogP contribution is 2.31. The molecule has 0 spiro atoms. The van der Waals surface area contributed by atoms with Crippen LogP contribution in [0.4, 0.5) is 16.2 Å². The highest BCUT2D eigenvalue weighted by atomic mass is 35.5. The first-order valence-electron chi connectivity index (χ1n) is 5.89. The molecule has 0 fully saturated rings. The highest BCUT2D eigenvalue weighted by Gasteiger charge is 2.19. The SMILES string of the molecule is [CH2]COC(=O)N(c1ccccc1)c1ccc(Cl)c(Cl)c1. The maximum absolute atomic E-state index is 12.1. The third-order valence-electron chi connectivity index (χ3n) is 2.58. The Morgan fingerprint density at radius 2 is 1.75 bits per heavy atom. The van der Waals surface area contributed by atoms with E-state index in [1.54, 1.807) is 30.3 Å². The number of carbonyl (C=O) groups excluding carboxylic acids is 1. The van der Waals surface area contributed by atoms with Crippen molar-refractivity contribution >= 4 is 40.7 Å². The Morgan fingerprint density at radius 1 is 1.05 bits per heavy atom. The Balaban J connectivity index is 2.46. The van der Waals surface area contributed by atoms with E-state index in [0.717, 1.165) is 0 Å². The van der Waals surface area contributed by atoms with Gasteiger partial charge in [0.1, 0.15) is 0 Å². The minimum atomic E-state index is -0.524. The molecule has 2 rings (SSSR count). The molecule has 0 saturated carbocycles. The number of anilines is 2. The van der Waals surface area contributed by atoms with E-state index in [1.807, 2.05) is 18.2 Å². The standard InChI is InChI=1S/C15H12Cl2NO2/c1-2-20-15(19)18(11-6-4-3-5-7-11)12-8-9-13(16)14(17)10-12/h3-10H,1-2H2. The zero-order valence-corrected chi connectivity index (χ0v) is 12.1. The molecule has 0 unspecified atom stereocenters. The van der Waals surface area contributed by atoms with Crippen molar-refractivity contribution in [2.45, 2.75) is 0 Å². The average Bonchev–Trinajstić information content (AvgIpc) is 2.44. The molecule has 2 aromatic rings. The van der Waals surface area contributed by atoms with E-state index in [0.29, 0.717) is 21.4 Å². The molecule has 0 aromatic heterocycles. The van der Waals surface area contributed by atoms with Crippen LogP contribution in [0.5, 0.6) is 0 Å². The van der Waals surface area contributed by atoms with Crippen LogP contribution in [-0.4, -0.2) is 12.7 Å².